The van der Waals surface area contributed by atoms with Crippen LogP contribution in [0.25, 0.3) is 0 Å². The number of ether oxygens (including phenoxy) is 3. The van der Waals surface area contributed by atoms with Crippen LogP contribution in [0.15, 0.2) is 18.2 Å². The van der Waals surface area contributed by atoms with E-state index in [1.807, 2.05) is 0 Å². The van der Waals surface area contributed by atoms with Crippen LogP contribution in [0.3, 0.4) is 0 Å². The summed E-state index contributed by atoms with van der Waals surface area (Å²) in [5.74, 6) is -3.07. The first-order valence-corrected chi connectivity index (χ1v) is 10.9. The Kier molecular flexibility index (Phi) is 4.86. The van der Waals surface area contributed by atoms with Crippen molar-refractivity contribution in [3.63, 3.8) is 0 Å². The van der Waals surface area contributed by atoms with Gasteiger partial charge in [-0.2, -0.15) is 8.42 Å². The molecule has 1 aromatic carbocycles. The molecule has 0 amide bonds. The lowest BCUT2D eigenvalue weighted by molar-refractivity contribution is -0.149. The molecule has 1 heterocycles. The van der Waals surface area contributed by atoms with E-state index in [1.54, 1.807) is 13.0 Å². The predicted octanol–water partition coefficient (Wildman–Crippen LogP) is 1.14. The summed E-state index contributed by atoms with van der Waals surface area (Å²) in [5.41, 5.74) is 0.685. The summed E-state index contributed by atoms with van der Waals surface area (Å²) in [6.45, 7) is 1.20. The van der Waals surface area contributed by atoms with Crippen molar-refractivity contribution in [1.29, 1.82) is 0 Å². The van der Waals surface area contributed by atoms with Gasteiger partial charge < -0.3 is 14.2 Å². The molecule has 2 saturated carbocycles. The van der Waals surface area contributed by atoms with E-state index in [0.717, 1.165) is 6.42 Å². The first-order chi connectivity index (χ1) is 13.6. The summed E-state index contributed by atoms with van der Waals surface area (Å²) < 4.78 is 45.8. The van der Waals surface area contributed by atoms with Crippen LogP contribution in [0.1, 0.15) is 28.8 Å². The van der Waals surface area contributed by atoms with Crippen LogP contribution in [0, 0.1) is 30.6 Å². The van der Waals surface area contributed by atoms with Gasteiger partial charge in [-0.25, -0.2) is 4.79 Å². The molecule has 9 nitrogen and oxygen atoms in total. The molecule has 5 unspecified atom stereocenters. The largest absolute Gasteiger partial charge is 0.462 e. The molecule has 0 spiro atoms. The molecule has 10 heteroatoms. The normalized spacial score (nSPS) is 29.6. The van der Waals surface area contributed by atoms with Gasteiger partial charge in [0.25, 0.3) is 10.1 Å². The van der Waals surface area contributed by atoms with Crippen molar-refractivity contribution in [1.82, 2.24) is 0 Å². The van der Waals surface area contributed by atoms with Gasteiger partial charge in [0.2, 0.25) is 0 Å². The molecule has 3 fully saturated rings. The lowest BCUT2D eigenvalue weighted by Gasteiger charge is -2.23. The fraction of sp³-hybridized carbons (Fsp3) is 0.526. The maximum absolute atomic E-state index is 12.8. The fourth-order valence-corrected chi connectivity index (χ4v) is 4.96. The minimum Gasteiger partial charge on any atom is -0.462 e. The molecule has 4 rings (SSSR count). The Morgan fingerprint density at radius 2 is 2.03 bits per heavy atom. The zero-order valence-corrected chi connectivity index (χ0v) is 16.4. The molecular formula is C19H20O9S. The van der Waals surface area contributed by atoms with Crippen LogP contribution in [-0.4, -0.2) is 49.3 Å². The number of esters is 3. The third-order valence-corrected chi connectivity index (χ3v) is 6.65. The van der Waals surface area contributed by atoms with E-state index in [9.17, 15) is 22.8 Å². The monoisotopic (exact) mass is 424 g/mol. The third kappa shape index (κ3) is 3.74. The molecule has 1 N–H and O–H groups in total. The zero-order chi connectivity index (χ0) is 20.9. The highest BCUT2D eigenvalue weighted by molar-refractivity contribution is 7.85. The summed E-state index contributed by atoms with van der Waals surface area (Å²) in [5, 5.41) is 0. The van der Waals surface area contributed by atoms with Crippen LogP contribution >= 0.6 is 0 Å². The van der Waals surface area contributed by atoms with Gasteiger partial charge in [-0.05, 0) is 43.4 Å². The van der Waals surface area contributed by atoms with Gasteiger partial charge in [0.05, 0.1) is 17.4 Å². The zero-order valence-electron chi connectivity index (χ0n) is 15.6. The number of hydrogen-bond acceptors (Lipinski definition) is 8. The molecule has 5 atom stereocenters. The quantitative estimate of drug-likeness (QED) is 0.405. The van der Waals surface area contributed by atoms with Gasteiger partial charge in [0.15, 0.2) is 0 Å². The van der Waals surface area contributed by atoms with Crippen molar-refractivity contribution in [3.05, 3.63) is 29.3 Å². The number of aryl methyl sites for hydroxylation is 1. The number of benzene rings is 1. The number of carbonyl (C=O) groups excluding carboxylic acids is 3. The van der Waals surface area contributed by atoms with E-state index in [4.69, 9.17) is 18.8 Å². The van der Waals surface area contributed by atoms with Crippen LogP contribution in [0.4, 0.5) is 0 Å². The van der Waals surface area contributed by atoms with Gasteiger partial charge in [-0.15, -0.1) is 0 Å². The van der Waals surface area contributed by atoms with Gasteiger partial charge in [-0.1, -0.05) is 6.07 Å². The number of fused-ring (bicyclic) bond motifs is 1. The van der Waals surface area contributed by atoms with E-state index < -0.39 is 46.3 Å². The first kappa shape index (κ1) is 19.8. The number of rotatable bonds is 6. The van der Waals surface area contributed by atoms with Crippen molar-refractivity contribution >= 4 is 28.0 Å². The van der Waals surface area contributed by atoms with Crippen molar-refractivity contribution in [2.75, 3.05) is 12.4 Å². The van der Waals surface area contributed by atoms with Crippen molar-refractivity contribution in [2.24, 2.45) is 23.7 Å². The Morgan fingerprint density at radius 1 is 1.28 bits per heavy atom. The Balaban J connectivity index is 1.45. The average molecular weight is 424 g/mol. The highest BCUT2D eigenvalue weighted by Gasteiger charge is 2.64. The Hall–Kier alpha value is -2.46. The summed E-state index contributed by atoms with van der Waals surface area (Å²) in [6.07, 6.45) is 1.37. The minimum absolute atomic E-state index is 0.0582. The fourth-order valence-electron chi connectivity index (χ4n) is 4.66. The summed E-state index contributed by atoms with van der Waals surface area (Å²) in [4.78, 5) is 37.0. The molecule has 2 bridgehead atoms. The smallest absolute Gasteiger partial charge is 0.338 e. The second kappa shape index (κ2) is 7.10. The van der Waals surface area contributed by atoms with Crippen LogP contribution < -0.4 is 4.74 Å². The van der Waals surface area contributed by atoms with E-state index in [-0.39, 0.29) is 35.2 Å². The second-order valence-corrected chi connectivity index (χ2v) is 9.32. The lowest BCUT2D eigenvalue weighted by Crippen LogP contribution is -2.35. The standard InChI is InChI=1S/C19H20O9S/c1-9-2-3-10(17(20)26-4-5-29(23,24)25)7-13(9)27-18(21)15-11-6-12-14(8-11)28-19(22)16(12)15/h2-3,7,11-12,14-16H,4-6,8H2,1H3,(H,23,24,25). The average Bonchev–Trinajstić information content (AvgIpc) is 3.24. The Bertz CT molecular complexity index is 981. The highest BCUT2D eigenvalue weighted by atomic mass is 32.2. The maximum atomic E-state index is 12.8. The molecule has 29 heavy (non-hydrogen) atoms. The molecular weight excluding hydrogens is 404 g/mol. The van der Waals surface area contributed by atoms with Crippen molar-refractivity contribution < 1.29 is 41.6 Å². The minimum atomic E-state index is -4.24. The van der Waals surface area contributed by atoms with Gasteiger partial charge in [0, 0.05) is 5.92 Å². The van der Waals surface area contributed by atoms with Gasteiger partial charge in [-0.3, -0.25) is 14.1 Å². The number of hydrogen-bond donors (Lipinski definition) is 1. The SMILES string of the molecule is Cc1ccc(C(=O)OCCS(=O)(=O)O)cc1OC(=O)C1C2CC3OC(=O)C1C3C2. The summed E-state index contributed by atoms with van der Waals surface area (Å²) in [6, 6.07) is 4.37. The van der Waals surface area contributed by atoms with Gasteiger partial charge >= 0.3 is 17.9 Å². The Labute approximate surface area is 167 Å². The molecule has 156 valence electrons. The van der Waals surface area contributed by atoms with Gasteiger partial charge in [0.1, 0.15) is 24.2 Å². The summed E-state index contributed by atoms with van der Waals surface area (Å²) in [7, 11) is -4.24. The molecule has 0 aromatic heterocycles. The van der Waals surface area contributed by atoms with E-state index in [0.29, 0.717) is 12.0 Å². The molecule has 1 aliphatic heterocycles. The molecule has 0 radical (unpaired) electrons. The Morgan fingerprint density at radius 3 is 2.76 bits per heavy atom. The van der Waals surface area contributed by atoms with Crippen LogP contribution in [0.5, 0.6) is 5.75 Å². The second-order valence-electron chi connectivity index (χ2n) is 7.75. The maximum Gasteiger partial charge on any atom is 0.338 e. The molecule has 1 aromatic rings. The van der Waals surface area contributed by atoms with Crippen molar-refractivity contribution in [3.8, 4) is 5.75 Å². The van der Waals surface area contributed by atoms with Crippen molar-refractivity contribution in [2.45, 2.75) is 25.9 Å². The van der Waals surface area contributed by atoms with E-state index >= 15 is 0 Å². The number of carbonyl (C=O) groups is 3. The molecule has 3 aliphatic rings. The highest BCUT2D eigenvalue weighted by Crippen LogP contribution is 2.57. The summed E-state index contributed by atoms with van der Waals surface area (Å²) >= 11 is 0. The first-order valence-electron chi connectivity index (χ1n) is 9.29. The third-order valence-electron chi connectivity index (χ3n) is 5.96. The molecule has 2 aliphatic carbocycles. The van der Waals surface area contributed by atoms with Crippen LogP contribution in [0.2, 0.25) is 0 Å². The molecule has 1 saturated heterocycles. The predicted molar refractivity (Wildman–Crippen MR) is 96.6 cm³/mol. The van der Waals surface area contributed by atoms with E-state index in [1.165, 1.54) is 12.1 Å². The van der Waals surface area contributed by atoms with E-state index in [2.05, 4.69) is 0 Å². The lowest BCUT2D eigenvalue weighted by atomic mass is 9.80. The topological polar surface area (TPSA) is 133 Å². The van der Waals surface area contributed by atoms with Crippen LogP contribution in [-0.2, 0) is 29.2 Å².